The average molecular weight is 191 g/mol. The number of rotatable bonds is 2. The molecule has 76 valence electrons. The lowest BCUT2D eigenvalue weighted by Crippen LogP contribution is -2.13. The van der Waals surface area contributed by atoms with Crippen molar-refractivity contribution < 1.29 is 4.79 Å². The molecule has 1 aromatic carbocycles. The van der Waals surface area contributed by atoms with Crippen molar-refractivity contribution in [2.75, 3.05) is 5.73 Å². The summed E-state index contributed by atoms with van der Waals surface area (Å²) in [4.78, 5) is 11.8. The Morgan fingerprint density at radius 3 is 2.50 bits per heavy atom. The van der Waals surface area contributed by atoms with E-state index in [0.717, 1.165) is 0 Å². The highest BCUT2D eigenvalue weighted by molar-refractivity contribution is 5.97. The summed E-state index contributed by atoms with van der Waals surface area (Å²) in [6, 6.07) is 7.14. The predicted molar refractivity (Wildman–Crippen MR) is 59.3 cm³/mol. The molecule has 0 fully saturated rings. The summed E-state index contributed by atoms with van der Waals surface area (Å²) in [7, 11) is 0. The lowest BCUT2D eigenvalue weighted by atomic mass is 9.88. The first kappa shape index (κ1) is 10.8. The average Bonchev–Trinajstić information content (AvgIpc) is 2.01. The quantitative estimate of drug-likeness (QED) is 0.577. The van der Waals surface area contributed by atoms with Gasteiger partial charge in [-0.2, -0.15) is 0 Å². The zero-order chi connectivity index (χ0) is 10.8. The zero-order valence-electron chi connectivity index (χ0n) is 9.00. The van der Waals surface area contributed by atoms with Gasteiger partial charge in [-0.15, -0.1) is 0 Å². The van der Waals surface area contributed by atoms with E-state index in [0.29, 0.717) is 17.7 Å². The maximum absolute atomic E-state index is 11.8. The second kappa shape index (κ2) is 3.82. The maximum atomic E-state index is 11.8. The van der Waals surface area contributed by atoms with Crippen molar-refractivity contribution in [3.05, 3.63) is 29.8 Å². The van der Waals surface area contributed by atoms with Crippen LogP contribution in [0.4, 0.5) is 5.69 Å². The van der Waals surface area contributed by atoms with Crippen LogP contribution in [0, 0.1) is 5.41 Å². The maximum Gasteiger partial charge on any atom is 0.163 e. The molecule has 0 spiro atoms. The number of nitrogens with two attached hydrogens (primary N) is 1. The first-order valence-corrected chi connectivity index (χ1v) is 4.77. The number of ketones is 1. The van der Waals surface area contributed by atoms with Crippen LogP contribution in [0.15, 0.2) is 24.3 Å². The van der Waals surface area contributed by atoms with Crippen LogP contribution in [0.25, 0.3) is 0 Å². The third-order valence-electron chi connectivity index (χ3n) is 1.90. The molecule has 2 heteroatoms. The van der Waals surface area contributed by atoms with Gasteiger partial charge in [0.15, 0.2) is 5.78 Å². The fraction of sp³-hybridized carbons (Fsp3) is 0.417. The summed E-state index contributed by atoms with van der Waals surface area (Å²) in [6.45, 7) is 6.16. The fourth-order valence-corrected chi connectivity index (χ4v) is 1.30. The highest BCUT2D eigenvalue weighted by atomic mass is 16.1. The molecule has 0 aliphatic carbocycles. The van der Waals surface area contributed by atoms with Crippen molar-refractivity contribution in [2.24, 2.45) is 5.41 Å². The zero-order valence-corrected chi connectivity index (χ0v) is 9.00. The second-order valence-corrected chi connectivity index (χ2v) is 4.79. The van der Waals surface area contributed by atoms with E-state index in [9.17, 15) is 4.79 Å². The summed E-state index contributed by atoms with van der Waals surface area (Å²) in [5, 5.41) is 0. The summed E-state index contributed by atoms with van der Waals surface area (Å²) in [5.74, 6) is 0.157. The molecule has 1 aromatic rings. The van der Waals surface area contributed by atoms with E-state index in [4.69, 9.17) is 5.73 Å². The van der Waals surface area contributed by atoms with Gasteiger partial charge in [0, 0.05) is 17.7 Å². The summed E-state index contributed by atoms with van der Waals surface area (Å²) >= 11 is 0. The molecular weight excluding hydrogens is 174 g/mol. The van der Waals surface area contributed by atoms with Gasteiger partial charge in [-0.3, -0.25) is 4.79 Å². The van der Waals surface area contributed by atoms with E-state index in [1.54, 1.807) is 12.1 Å². The molecule has 0 atom stereocenters. The lowest BCUT2D eigenvalue weighted by Gasteiger charge is -2.16. The van der Waals surface area contributed by atoms with Gasteiger partial charge >= 0.3 is 0 Å². The smallest absolute Gasteiger partial charge is 0.163 e. The van der Waals surface area contributed by atoms with Gasteiger partial charge in [-0.1, -0.05) is 32.9 Å². The molecule has 0 aliphatic rings. The predicted octanol–water partition coefficient (Wildman–Crippen LogP) is 2.89. The Bertz CT molecular complexity index is 336. The first-order chi connectivity index (χ1) is 6.38. The second-order valence-electron chi connectivity index (χ2n) is 4.79. The number of carbonyl (C=O) groups is 1. The number of nitrogen functional groups attached to an aromatic ring is 1. The van der Waals surface area contributed by atoms with Crippen LogP contribution in [-0.2, 0) is 0 Å². The lowest BCUT2D eigenvalue weighted by molar-refractivity contribution is 0.0940. The van der Waals surface area contributed by atoms with Crippen molar-refractivity contribution >= 4 is 11.5 Å². The first-order valence-electron chi connectivity index (χ1n) is 4.77. The third kappa shape index (κ3) is 3.21. The number of Topliss-reactive ketones (excluding diaryl/α,β-unsaturated/α-hetero) is 1. The molecule has 1 rings (SSSR count). The number of benzene rings is 1. The molecule has 0 aromatic heterocycles. The molecule has 2 N–H and O–H groups in total. The summed E-state index contributed by atoms with van der Waals surface area (Å²) < 4.78 is 0. The highest BCUT2D eigenvalue weighted by Crippen LogP contribution is 2.22. The minimum atomic E-state index is 0.0295. The van der Waals surface area contributed by atoms with E-state index in [2.05, 4.69) is 20.8 Å². The highest BCUT2D eigenvalue weighted by Gasteiger charge is 2.17. The molecule has 0 unspecified atom stereocenters. The van der Waals surface area contributed by atoms with E-state index < -0.39 is 0 Å². The summed E-state index contributed by atoms with van der Waals surface area (Å²) in [5.41, 5.74) is 6.99. The molecule has 0 aliphatic heterocycles. The molecule has 14 heavy (non-hydrogen) atoms. The third-order valence-corrected chi connectivity index (χ3v) is 1.90. The van der Waals surface area contributed by atoms with E-state index in [1.165, 1.54) is 0 Å². The molecule has 0 radical (unpaired) electrons. The normalized spacial score (nSPS) is 11.4. The number of carbonyl (C=O) groups excluding carboxylic acids is 1. The SMILES string of the molecule is CC(C)(C)CC(=O)c1cccc(N)c1. The molecule has 0 bridgehead atoms. The van der Waals surface area contributed by atoms with Gasteiger partial charge in [0.1, 0.15) is 0 Å². The van der Waals surface area contributed by atoms with Gasteiger partial charge in [-0.25, -0.2) is 0 Å². The Labute approximate surface area is 85.1 Å². The summed E-state index contributed by atoms with van der Waals surface area (Å²) in [6.07, 6.45) is 0.552. The van der Waals surface area contributed by atoms with Gasteiger partial charge in [-0.05, 0) is 17.5 Å². The van der Waals surface area contributed by atoms with Gasteiger partial charge in [0.2, 0.25) is 0 Å². The van der Waals surface area contributed by atoms with E-state index >= 15 is 0 Å². The van der Waals surface area contributed by atoms with Crippen LogP contribution >= 0.6 is 0 Å². The Morgan fingerprint density at radius 2 is 2.00 bits per heavy atom. The van der Waals surface area contributed by atoms with Crippen LogP contribution in [0.2, 0.25) is 0 Å². The van der Waals surface area contributed by atoms with Crippen LogP contribution in [0.1, 0.15) is 37.6 Å². The van der Waals surface area contributed by atoms with Gasteiger partial charge in [0.05, 0.1) is 0 Å². The van der Waals surface area contributed by atoms with Crippen LogP contribution in [0.3, 0.4) is 0 Å². The monoisotopic (exact) mass is 191 g/mol. The van der Waals surface area contributed by atoms with Crippen LogP contribution < -0.4 is 5.73 Å². The topological polar surface area (TPSA) is 43.1 Å². The van der Waals surface area contributed by atoms with Crippen molar-refractivity contribution in [1.29, 1.82) is 0 Å². The fourth-order valence-electron chi connectivity index (χ4n) is 1.30. The molecule has 0 saturated carbocycles. The molecule has 2 nitrogen and oxygen atoms in total. The minimum Gasteiger partial charge on any atom is -0.399 e. The Balaban J connectivity index is 2.80. The minimum absolute atomic E-state index is 0.0295. The Morgan fingerprint density at radius 1 is 1.36 bits per heavy atom. The van der Waals surface area contributed by atoms with Crippen molar-refractivity contribution in [3.63, 3.8) is 0 Å². The van der Waals surface area contributed by atoms with Gasteiger partial charge < -0.3 is 5.73 Å². The Hall–Kier alpha value is -1.31. The van der Waals surface area contributed by atoms with Crippen molar-refractivity contribution in [3.8, 4) is 0 Å². The van der Waals surface area contributed by atoms with E-state index in [1.807, 2.05) is 12.1 Å². The van der Waals surface area contributed by atoms with E-state index in [-0.39, 0.29) is 11.2 Å². The molecular formula is C12H17NO. The van der Waals surface area contributed by atoms with Crippen molar-refractivity contribution in [2.45, 2.75) is 27.2 Å². The largest absolute Gasteiger partial charge is 0.399 e. The number of hydrogen-bond donors (Lipinski definition) is 1. The Kier molecular flexibility index (Phi) is 2.94. The molecule has 0 amide bonds. The number of anilines is 1. The standard InChI is InChI=1S/C12H17NO/c1-12(2,3)8-11(14)9-5-4-6-10(13)7-9/h4-7H,8,13H2,1-3H3. The van der Waals surface area contributed by atoms with Crippen molar-refractivity contribution in [1.82, 2.24) is 0 Å². The van der Waals surface area contributed by atoms with Crippen LogP contribution in [0.5, 0.6) is 0 Å². The number of hydrogen-bond acceptors (Lipinski definition) is 2. The molecule has 0 heterocycles. The van der Waals surface area contributed by atoms with Crippen LogP contribution in [-0.4, -0.2) is 5.78 Å². The van der Waals surface area contributed by atoms with Gasteiger partial charge in [0.25, 0.3) is 0 Å². The molecule has 0 saturated heterocycles.